The Morgan fingerprint density at radius 1 is 0.941 bits per heavy atom. The monoisotopic (exact) mass is 238 g/mol. The Balaban J connectivity index is 3.10. The topological polar surface area (TPSA) is 60.7 Å². The van der Waals surface area contributed by atoms with Crippen LogP contribution in [0.2, 0.25) is 0 Å². The number of phenolic OH excluding ortho intramolecular Hbond substituents is 3. The minimum atomic E-state index is -0.444. The second-order valence-corrected chi connectivity index (χ2v) is 5.39. The zero-order chi connectivity index (χ0) is 13.2. The Morgan fingerprint density at radius 3 is 1.76 bits per heavy atom. The number of rotatable bonds is 4. The fraction of sp³-hybridized carbons (Fsp3) is 0.571. The van der Waals surface area contributed by atoms with E-state index in [1.165, 1.54) is 0 Å². The van der Waals surface area contributed by atoms with Crippen molar-refractivity contribution in [1.29, 1.82) is 0 Å². The van der Waals surface area contributed by atoms with Crippen molar-refractivity contribution in [1.82, 2.24) is 0 Å². The van der Waals surface area contributed by atoms with E-state index in [1.54, 1.807) is 12.1 Å². The molecule has 0 aliphatic carbocycles. The van der Waals surface area contributed by atoms with Crippen LogP contribution in [0.1, 0.15) is 45.6 Å². The predicted octanol–water partition coefficient (Wildman–Crippen LogP) is 3.59. The highest BCUT2D eigenvalue weighted by Gasteiger charge is 2.20. The highest BCUT2D eigenvalue weighted by molar-refractivity contribution is 5.51. The molecule has 0 bridgehead atoms. The number of hydrogen-bond acceptors (Lipinski definition) is 3. The van der Waals surface area contributed by atoms with Gasteiger partial charge in [0, 0.05) is 0 Å². The molecule has 0 saturated heterocycles. The van der Waals surface area contributed by atoms with Gasteiger partial charge in [-0.15, -0.1) is 0 Å². The number of aromatic hydroxyl groups is 3. The molecule has 17 heavy (non-hydrogen) atoms. The second kappa shape index (κ2) is 5.30. The summed E-state index contributed by atoms with van der Waals surface area (Å²) >= 11 is 0. The molecule has 0 saturated carbocycles. The van der Waals surface area contributed by atoms with Crippen molar-refractivity contribution >= 4 is 0 Å². The van der Waals surface area contributed by atoms with Crippen molar-refractivity contribution in [2.75, 3.05) is 0 Å². The number of hydrogen-bond donors (Lipinski definition) is 3. The summed E-state index contributed by atoms with van der Waals surface area (Å²) in [5, 5.41) is 28.4. The molecular formula is C14H22O3. The van der Waals surface area contributed by atoms with Gasteiger partial charge in [-0.1, -0.05) is 27.7 Å². The van der Waals surface area contributed by atoms with E-state index in [0.717, 1.165) is 12.0 Å². The Labute approximate surface area is 103 Å². The van der Waals surface area contributed by atoms with Gasteiger partial charge in [0.1, 0.15) is 0 Å². The zero-order valence-electron chi connectivity index (χ0n) is 10.9. The van der Waals surface area contributed by atoms with Crippen LogP contribution in [0.3, 0.4) is 0 Å². The number of benzene rings is 1. The molecule has 1 aromatic carbocycles. The lowest BCUT2D eigenvalue weighted by Crippen LogP contribution is -2.09. The lowest BCUT2D eigenvalue weighted by atomic mass is 9.82. The SMILES string of the molecule is CC(C)CC(c1cc(O)c(O)c(O)c1)C(C)C. The molecule has 96 valence electrons. The quantitative estimate of drug-likeness (QED) is 0.702. The first-order valence-electron chi connectivity index (χ1n) is 6.07. The largest absolute Gasteiger partial charge is 0.504 e. The summed E-state index contributed by atoms with van der Waals surface area (Å²) in [4.78, 5) is 0. The van der Waals surface area contributed by atoms with E-state index in [2.05, 4.69) is 27.7 Å². The van der Waals surface area contributed by atoms with E-state index in [1.807, 2.05) is 0 Å². The highest BCUT2D eigenvalue weighted by Crippen LogP contribution is 2.40. The average molecular weight is 238 g/mol. The molecule has 0 spiro atoms. The molecule has 0 amide bonds. The summed E-state index contributed by atoms with van der Waals surface area (Å²) in [7, 11) is 0. The van der Waals surface area contributed by atoms with E-state index in [9.17, 15) is 15.3 Å². The summed E-state index contributed by atoms with van der Waals surface area (Å²) in [5.74, 6) is 0.276. The molecule has 0 aliphatic heterocycles. The highest BCUT2D eigenvalue weighted by atomic mass is 16.3. The molecule has 0 heterocycles. The molecule has 1 atom stereocenters. The number of phenols is 3. The van der Waals surface area contributed by atoms with E-state index in [-0.39, 0.29) is 17.4 Å². The van der Waals surface area contributed by atoms with Crippen LogP contribution >= 0.6 is 0 Å². The van der Waals surface area contributed by atoms with Gasteiger partial charge in [-0.25, -0.2) is 0 Å². The average Bonchev–Trinajstić information content (AvgIpc) is 2.21. The standard InChI is InChI=1S/C14H22O3/c1-8(2)5-11(9(3)4)10-6-12(15)14(17)13(16)7-10/h6-9,11,15-17H,5H2,1-4H3. The van der Waals surface area contributed by atoms with Crippen LogP contribution in [0.4, 0.5) is 0 Å². The molecule has 1 rings (SSSR count). The van der Waals surface area contributed by atoms with E-state index >= 15 is 0 Å². The molecule has 3 nitrogen and oxygen atoms in total. The summed E-state index contributed by atoms with van der Waals surface area (Å²) in [6.07, 6.45) is 0.987. The summed E-state index contributed by atoms with van der Waals surface area (Å²) < 4.78 is 0. The van der Waals surface area contributed by atoms with Crippen LogP contribution in [0.25, 0.3) is 0 Å². The van der Waals surface area contributed by atoms with Crippen LogP contribution < -0.4 is 0 Å². The molecule has 0 aromatic heterocycles. The maximum Gasteiger partial charge on any atom is 0.200 e. The molecule has 0 fully saturated rings. The van der Waals surface area contributed by atoms with Gasteiger partial charge in [0.15, 0.2) is 17.2 Å². The molecule has 0 aliphatic rings. The maximum absolute atomic E-state index is 9.54. The lowest BCUT2D eigenvalue weighted by Gasteiger charge is -2.23. The fourth-order valence-corrected chi connectivity index (χ4v) is 2.14. The third kappa shape index (κ3) is 3.29. The summed E-state index contributed by atoms with van der Waals surface area (Å²) in [5.41, 5.74) is 0.876. The van der Waals surface area contributed by atoms with Crippen molar-refractivity contribution in [2.24, 2.45) is 11.8 Å². The van der Waals surface area contributed by atoms with Crippen LogP contribution in [-0.4, -0.2) is 15.3 Å². The Hall–Kier alpha value is -1.38. The van der Waals surface area contributed by atoms with Gasteiger partial charge < -0.3 is 15.3 Å². The molecular weight excluding hydrogens is 216 g/mol. The molecule has 1 aromatic rings. The Morgan fingerprint density at radius 2 is 1.41 bits per heavy atom. The van der Waals surface area contributed by atoms with Gasteiger partial charge in [-0.05, 0) is 41.9 Å². The first kappa shape index (κ1) is 13.7. The molecule has 3 heteroatoms. The Kier molecular flexibility index (Phi) is 4.27. The maximum atomic E-state index is 9.54. The molecule has 3 N–H and O–H groups in total. The Bertz CT molecular complexity index is 360. The first-order valence-corrected chi connectivity index (χ1v) is 6.07. The minimum Gasteiger partial charge on any atom is -0.504 e. The third-order valence-electron chi connectivity index (χ3n) is 3.05. The summed E-state index contributed by atoms with van der Waals surface area (Å²) in [6, 6.07) is 3.09. The van der Waals surface area contributed by atoms with Crippen LogP contribution in [0.15, 0.2) is 12.1 Å². The van der Waals surface area contributed by atoms with Gasteiger partial charge in [-0.2, -0.15) is 0 Å². The third-order valence-corrected chi connectivity index (χ3v) is 3.05. The predicted molar refractivity (Wildman–Crippen MR) is 68.5 cm³/mol. The molecule has 0 radical (unpaired) electrons. The smallest absolute Gasteiger partial charge is 0.200 e. The van der Waals surface area contributed by atoms with Gasteiger partial charge in [0.25, 0.3) is 0 Å². The van der Waals surface area contributed by atoms with Crippen LogP contribution in [0, 0.1) is 11.8 Å². The van der Waals surface area contributed by atoms with Crippen LogP contribution in [0.5, 0.6) is 17.2 Å². The molecule has 1 unspecified atom stereocenters. The van der Waals surface area contributed by atoms with Gasteiger partial charge in [0.2, 0.25) is 0 Å². The normalized spacial score (nSPS) is 13.3. The van der Waals surface area contributed by atoms with E-state index in [0.29, 0.717) is 11.8 Å². The van der Waals surface area contributed by atoms with Gasteiger partial charge >= 0.3 is 0 Å². The first-order chi connectivity index (χ1) is 7.82. The van der Waals surface area contributed by atoms with Crippen molar-refractivity contribution in [3.8, 4) is 17.2 Å². The van der Waals surface area contributed by atoms with Crippen molar-refractivity contribution < 1.29 is 15.3 Å². The van der Waals surface area contributed by atoms with Crippen molar-refractivity contribution in [2.45, 2.75) is 40.0 Å². The minimum absolute atomic E-state index is 0.255. The zero-order valence-corrected chi connectivity index (χ0v) is 10.9. The summed E-state index contributed by atoms with van der Waals surface area (Å²) in [6.45, 7) is 8.53. The van der Waals surface area contributed by atoms with Crippen molar-refractivity contribution in [3.05, 3.63) is 17.7 Å². The van der Waals surface area contributed by atoms with Gasteiger partial charge in [-0.3, -0.25) is 0 Å². The van der Waals surface area contributed by atoms with Crippen molar-refractivity contribution in [3.63, 3.8) is 0 Å². The van der Waals surface area contributed by atoms with E-state index < -0.39 is 5.75 Å². The van der Waals surface area contributed by atoms with E-state index in [4.69, 9.17) is 0 Å². The van der Waals surface area contributed by atoms with Gasteiger partial charge in [0.05, 0.1) is 0 Å². The fourth-order valence-electron chi connectivity index (χ4n) is 2.14. The lowest BCUT2D eigenvalue weighted by molar-refractivity contribution is 0.361. The van der Waals surface area contributed by atoms with Crippen LogP contribution in [-0.2, 0) is 0 Å². The second-order valence-electron chi connectivity index (χ2n) is 5.39.